The molecule has 0 atom stereocenters. The summed E-state index contributed by atoms with van der Waals surface area (Å²) in [6.07, 6.45) is 1.82. The third kappa shape index (κ3) is 1.10. The van der Waals surface area contributed by atoms with E-state index >= 15 is 0 Å². The van der Waals surface area contributed by atoms with Gasteiger partial charge in [-0.05, 0) is 6.07 Å². The largest absolute Gasteiger partial charge is 0.366 e. The zero-order chi connectivity index (χ0) is 8.55. The van der Waals surface area contributed by atoms with Crippen molar-refractivity contribution < 1.29 is 4.79 Å². The van der Waals surface area contributed by atoms with Crippen molar-refractivity contribution in [1.29, 1.82) is 0 Å². The number of carbonyl (C=O) groups excluding carboxylic acids is 1. The van der Waals surface area contributed by atoms with E-state index < -0.39 is 0 Å². The molecule has 1 amide bonds. The number of nitrogens with zero attached hydrogens (tertiary/aromatic N) is 1. The molecule has 1 aliphatic rings. The van der Waals surface area contributed by atoms with Gasteiger partial charge >= 0.3 is 0 Å². The molecule has 2 rings (SSSR count). The molecule has 0 saturated heterocycles. The number of hydrogen-bond donors (Lipinski definition) is 2. The molecular formula is C8H11N3O. The zero-order valence-corrected chi connectivity index (χ0v) is 6.71. The highest BCUT2D eigenvalue weighted by molar-refractivity contribution is 5.92. The van der Waals surface area contributed by atoms with Crippen LogP contribution in [0.4, 0.5) is 0 Å². The van der Waals surface area contributed by atoms with Crippen LogP contribution in [0.2, 0.25) is 0 Å². The average Bonchev–Trinajstić information content (AvgIpc) is 2.46. The normalized spacial score (nSPS) is 15.7. The van der Waals surface area contributed by atoms with Gasteiger partial charge in [0.2, 0.25) is 5.91 Å². The van der Waals surface area contributed by atoms with Crippen LogP contribution in [-0.4, -0.2) is 17.0 Å². The number of hydrogen-bond acceptors (Lipinski definition) is 2. The first-order valence-corrected chi connectivity index (χ1v) is 3.97. The van der Waals surface area contributed by atoms with Crippen LogP contribution in [-0.2, 0) is 13.1 Å². The molecule has 0 radical (unpaired) electrons. The third-order valence-electron chi connectivity index (χ3n) is 2.11. The Labute approximate surface area is 70.4 Å². The van der Waals surface area contributed by atoms with Crippen molar-refractivity contribution in [3.63, 3.8) is 0 Å². The van der Waals surface area contributed by atoms with Gasteiger partial charge in [-0.25, -0.2) is 0 Å². The lowest BCUT2D eigenvalue weighted by atomic mass is 10.3. The number of nitrogens with one attached hydrogen (secondary N) is 1. The average molecular weight is 165 g/mol. The van der Waals surface area contributed by atoms with E-state index in [1.165, 1.54) is 0 Å². The first-order chi connectivity index (χ1) is 5.77. The van der Waals surface area contributed by atoms with Gasteiger partial charge in [-0.15, -0.1) is 0 Å². The molecule has 0 aromatic carbocycles. The molecular weight excluding hydrogens is 154 g/mol. The highest BCUT2D eigenvalue weighted by atomic mass is 16.1. The lowest BCUT2D eigenvalue weighted by molar-refractivity contribution is 0.100. The summed E-state index contributed by atoms with van der Waals surface area (Å²) in [6, 6.07) is 1.84. The molecule has 4 heteroatoms. The van der Waals surface area contributed by atoms with Crippen LogP contribution < -0.4 is 11.1 Å². The number of carbonyl (C=O) groups is 1. The van der Waals surface area contributed by atoms with Crippen molar-refractivity contribution in [2.45, 2.75) is 13.1 Å². The Balaban J connectivity index is 2.38. The monoisotopic (exact) mass is 165 g/mol. The van der Waals surface area contributed by atoms with Gasteiger partial charge in [0.15, 0.2) is 0 Å². The maximum Gasteiger partial charge on any atom is 0.250 e. The Morgan fingerprint density at radius 1 is 1.67 bits per heavy atom. The van der Waals surface area contributed by atoms with Gasteiger partial charge in [0.05, 0.1) is 5.56 Å². The van der Waals surface area contributed by atoms with E-state index in [0.29, 0.717) is 5.56 Å². The van der Waals surface area contributed by atoms with E-state index in [-0.39, 0.29) is 5.91 Å². The minimum absolute atomic E-state index is 0.350. The van der Waals surface area contributed by atoms with Crippen molar-refractivity contribution in [1.82, 2.24) is 9.88 Å². The summed E-state index contributed by atoms with van der Waals surface area (Å²) in [7, 11) is 0. The lowest BCUT2D eigenvalue weighted by Crippen LogP contribution is -2.27. The number of amides is 1. The second kappa shape index (κ2) is 2.64. The van der Waals surface area contributed by atoms with Crippen molar-refractivity contribution in [3.05, 3.63) is 23.5 Å². The smallest absolute Gasteiger partial charge is 0.250 e. The van der Waals surface area contributed by atoms with E-state index in [2.05, 4.69) is 9.88 Å². The quantitative estimate of drug-likeness (QED) is 0.599. The van der Waals surface area contributed by atoms with Gasteiger partial charge in [0, 0.05) is 31.5 Å². The molecule has 1 aromatic heterocycles. The summed E-state index contributed by atoms with van der Waals surface area (Å²) in [4.78, 5) is 10.8. The molecule has 4 nitrogen and oxygen atoms in total. The summed E-state index contributed by atoms with van der Waals surface area (Å²) in [5.41, 5.74) is 6.89. The molecule has 0 fully saturated rings. The van der Waals surface area contributed by atoms with Crippen LogP contribution in [0.25, 0.3) is 0 Å². The molecule has 64 valence electrons. The molecule has 1 aromatic rings. The van der Waals surface area contributed by atoms with Crippen LogP contribution in [0.3, 0.4) is 0 Å². The van der Waals surface area contributed by atoms with Gasteiger partial charge in [-0.2, -0.15) is 0 Å². The van der Waals surface area contributed by atoms with Gasteiger partial charge in [-0.1, -0.05) is 0 Å². The minimum Gasteiger partial charge on any atom is -0.366 e. The van der Waals surface area contributed by atoms with E-state index in [9.17, 15) is 4.79 Å². The molecule has 0 bridgehead atoms. The van der Waals surface area contributed by atoms with Crippen LogP contribution >= 0.6 is 0 Å². The second-order valence-electron chi connectivity index (χ2n) is 2.95. The van der Waals surface area contributed by atoms with Gasteiger partial charge in [0.1, 0.15) is 0 Å². The predicted molar refractivity (Wildman–Crippen MR) is 44.7 cm³/mol. The Morgan fingerprint density at radius 3 is 3.17 bits per heavy atom. The van der Waals surface area contributed by atoms with Crippen molar-refractivity contribution in [2.75, 3.05) is 6.54 Å². The summed E-state index contributed by atoms with van der Waals surface area (Å²) < 4.78 is 2.07. The number of primary amides is 1. The summed E-state index contributed by atoms with van der Waals surface area (Å²) in [5.74, 6) is -0.350. The Hall–Kier alpha value is -1.29. The van der Waals surface area contributed by atoms with Crippen molar-refractivity contribution >= 4 is 5.91 Å². The predicted octanol–water partition coefficient (Wildman–Crippen LogP) is -0.310. The van der Waals surface area contributed by atoms with Crippen molar-refractivity contribution in [3.8, 4) is 0 Å². The maximum absolute atomic E-state index is 10.8. The van der Waals surface area contributed by atoms with Crippen molar-refractivity contribution in [2.24, 2.45) is 5.73 Å². The number of rotatable bonds is 1. The van der Waals surface area contributed by atoms with Gasteiger partial charge in [0.25, 0.3) is 0 Å². The first-order valence-electron chi connectivity index (χ1n) is 3.97. The molecule has 12 heavy (non-hydrogen) atoms. The Bertz CT molecular complexity index is 293. The Morgan fingerprint density at radius 2 is 2.50 bits per heavy atom. The van der Waals surface area contributed by atoms with E-state index in [4.69, 9.17) is 5.73 Å². The highest BCUT2D eigenvalue weighted by Crippen LogP contribution is 2.10. The fourth-order valence-corrected chi connectivity index (χ4v) is 1.46. The molecule has 0 aliphatic carbocycles. The third-order valence-corrected chi connectivity index (χ3v) is 2.11. The molecule has 3 N–H and O–H groups in total. The fourth-order valence-electron chi connectivity index (χ4n) is 1.46. The van der Waals surface area contributed by atoms with Crippen LogP contribution in [0, 0.1) is 0 Å². The van der Waals surface area contributed by atoms with Gasteiger partial charge in [-0.3, -0.25) is 4.79 Å². The topological polar surface area (TPSA) is 60.1 Å². The molecule has 0 saturated carbocycles. The zero-order valence-electron chi connectivity index (χ0n) is 6.71. The maximum atomic E-state index is 10.8. The van der Waals surface area contributed by atoms with E-state index in [1.807, 2.05) is 12.3 Å². The second-order valence-corrected chi connectivity index (χ2v) is 2.95. The highest BCUT2D eigenvalue weighted by Gasteiger charge is 2.11. The molecule has 0 unspecified atom stereocenters. The van der Waals surface area contributed by atoms with Crippen LogP contribution in [0.5, 0.6) is 0 Å². The summed E-state index contributed by atoms with van der Waals surface area (Å²) in [5, 5.41) is 3.22. The van der Waals surface area contributed by atoms with E-state index in [1.54, 1.807) is 0 Å². The minimum atomic E-state index is -0.350. The number of fused-ring (bicyclic) bond motifs is 1. The van der Waals surface area contributed by atoms with Gasteiger partial charge < -0.3 is 15.6 Å². The summed E-state index contributed by atoms with van der Waals surface area (Å²) >= 11 is 0. The molecule has 0 spiro atoms. The first kappa shape index (κ1) is 7.36. The fraction of sp³-hybridized carbons (Fsp3) is 0.375. The number of nitrogens with two attached hydrogens (primary N) is 1. The van der Waals surface area contributed by atoms with Crippen LogP contribution in [0.15, 0.2) is 12.3 Å². The Kier molecular flexibility index (Phi) is 1.62. The molecule has 1 aliphatic heterocycles. The van der Waals surface area contributed by atoms with E-state index in [0.717, 1.165) is 25.3 Å². The number of aromatic nitrogens is 1. The lowest BCUT2D eigenvalue weighted by Gasteiger charge is -2.15. The standard InChI is InChI=1S/C8H11N3O/c9-8(12)6-3-7-4-10-1-2-11(7)5-6/h3,5,10H,1-2,4H2,(H2,9,12). The van der Waals surface area contributed by atoms with Crippen LogP contribution in [0.1, 0.15) is 16.1 Å². The molecule has 2 heterocycles. The SMILES string of the molecule is NC(=O)c1cc2n(c1)CCNC2. The summed E-state index contributed by atoms with van der Waals surface area (Å²) in [6.45, 7) is 2.70.